The Hall–Kier alpha value is -1.39. The Bertz CT molecular complexity index is 752. The molecule has 2 aromatic carbocycles. The molecule has 0 fully saturated rings. The molecule has 1 heterocycles. The molecule has 0 amide bonds. The molecule has 2 nitrogen and oxygen atoms in total. The average molecular weight is 354 g/mol. The van der Waals surface area contributed by atoms with Crippen LogP contribution in [0, 0.1) is 5.82 Å². The minimum atomic E-state index is -0.270. The van der Waals surface area contributed by atoms with Gasteiger partial charge in [0.15, 0.2) is 0 Å². The van der Waals surface area contributed by atoms with E-state index in [4.69, 9.17) is 11.6 Å². The number of benzene rings is 2. The second-order valence-electron chi connectivity index (χ2n) is 4.41. The number of halogens is 3. The lowest BCUT2D eigenvalue weighted by molar-refractivity contribution is 0.629. The Labute approximate surface area is 129 Å². The van der Waals surface area contributed by atoms with E-state index in [1.807, 2.05) is 28.8 Å². The van der Waals surface area contributed by atoms with Crippen molar-refractivity contribution in [3.8, 4) is 5.69 Å². The first-order valence-electron chi connectivity index (χ1n) is 6.18. The lowest BCUT2D eigenvalue weighted by atomic mass is 10.2. The van der Waals surface area contributed by atoms with E-state index in [0.717, 1.165) is 27.0 Å². The molecule has 5 heteroatoms. The van der Waals surface area contributed by atoms with Crippen molar-refractivity contribution in [1.82, 2.24) is 9.55 Å². The quantitative estimate of drug-likeness (QED) is 0.624. The predicted octanol–water partition coefficient (Wildman–Crippen LogP) is 4.71. The lowest BCUT2D eigenvalue weighted by Crippen LogP contribution is -2.02. The normalized spacial score (nSPS) is 11.2. The summed E-state index contributed by atoms with van der Waals surface area (Å²) in [5.41, 5.74) is 2.48. The zero-order chi connectivity index (χ0) is 14.1. The third-order valence-electron chi connectivity index (χ3n) is 3.09. The van der Waals surface area contributed by atoms with Crippen LogP contribution < -0.4 is 0 Å². The number of aromatic nitrogens is 2. The minimum Gasteiger partial charge on any atom is -0.296 e. The summed E-state index contributed by atoms with van der Waals surface area (Å²) >= 11 is 9.26. The van der Waals surface area contributed by atoms with Gasteiger partial charge in [0.2, 0.25) is 0 Å². The van der Waals surface area contributed by atoms with E-state index in [2.05, 4.69) is 20.9 Å². The van der Waals surface area contributed by atoms with Gasteiger partial charge in [0, 0.05) is 28.5 Å². The zero-order valence-electron chi connectivity index (χ0n) is 10.5. The molecular formula is C15H11BrClFN2. The summed E-state index contributed by atoms with van der Waals surface area (Å²) in [4.78, 5) is 4.54. The maximum absolute atomic E-state index is 13.5. The second kappa shape index (κ2) is 5.54. The van der Waals surface area contributed by atoms with Gasteiger partial charge in [-0.3, -0.25) is 4.57 Å². The summed E-state index contributed by atoms with van der Waals surface area (Å²) in [6, 6.07) is 12.4. The number of hydrogen-bond donors (Lipinski definition) is 0. The van der Waals surface area contributed by atoms with Crippen LogP contribution in [0.1, 0.15) is 5.82 Å². The SMILES string of the molecule is Fc1ccc2nc(CCCl)n(-c3ccc(Br)cc3)c2c1. The second-order valence-corrected chi connectivity index (χ2v) is 5.71. The summed E-state index contributed by atoms with van der Waals surface area (Å²) < 4.78 is 16.5. The fraction of sp³-hybridized carbons (Fsp3) is 0.133. The van der Waals surface area contributed by atoms with Crippen molar-refractivity contribution < 1.29 is 4.39 Å². The van der Waals surface area contributed by atoms with Crippen LogP contribution in [-0.2, 0) is 6.42 Å². The number of fused-ring (bicyclic) bond motifs is 1. The van der Waals surface area contributed by atoms with Crippen LogP contribution in [0.15, 0.2) is 46.9 Å². The Morgan fingerprint density at radius 1 is 1.15 bits per heavy atom. The molecule has 0 atom stereocenters. The van der Waals surface area contributed by atoms with Crippen LogP contribution in [0.3, 0.4) is 0 Å². The van der Waals surface area contributed by atoms with E-state index in [1.54, 1.807) is 6.07 Å². The van der Waals surface area contributed by atoms with Gasteiger partial charge in [0.25, 0.3) is 0 Å². The van der Waals surface area contributed by atoms with Crippen molar-refractivity contribution >= 4 is 38.6 Å². The number of imidazole rings is 1. The topological polar surface area (TPSA) is 17.8 Å². The summed E-state index contributed by atoms with van der Waals surface area (Å²) in [5, 5.41) is 0. The van der Waals surface area contributed by atoms with Crippen LogP contribution in [0.4, 0.5) is 4.39 Å². The fourth-order valence-corrected chi connectivity index (χ4v) is 2.66. The predicted molar refractivity (Wildman–Crippen MR) is 83.2 cm³/mol. The molecule has 0 saturated carbocycles. The number of alkyl halides is 1. The van der Waals surface area contributed by atoms with Gasteiger partial charge in [-0.2, -0.15) is 0 Å². The molecule has 20 heavy (non-hydrogen) atoms. The van der Waals surface area contributed by atoms with E-state index in [-0.39, 0.29) is 5.82 Å². The smallest absolute Gasteiger partial charge is 0.125 e. The minimum absolute atomic E-state index is 0.270. The van der Waals surface area contributed by atoms with Crippen molar-refractivity contribution in [3.05, 3.63) is 58.6 Å². The molecule has 0 unspecified atom stereocenters. The van der Waals surface area contributed by atoms with Gasteiger partial charge in [0.05, 0.1) is 11.0 Å². The Morgan fingerprint density at radius 2 is 1.90 bits per heavy atom. The Morgan fingerprint density at radius 3 is 2.60 bits per heavy atom. The molecule has 0 saturated heterocycles. The van der Waals surface area contributed by atoms with Crippen LogP contribution in [-0.4, -0.2) is 15.4 Å². The fourth-order valence-electron chi connectivity index (χ4n) is 2.23. The van der Waals surface area contributed by atoms with Gasteiger partial charge in [-0.25, -0.2) is 9.37 Å². The molecule has 0 spiro atoms. The van der Waals surface area contributed by atoms with Crippen LogP contribution in [0.25, 0.3) is 16.7 Å². The van der Waals surface area contributed by atoms with E-state index in [9.17, 15) is 4.39 Å². The van der Waals surface area contributed by atoms with Crippen LogP contribution in [0.5, 0.6) is 0 Å². The highest BCUT2D eigenvalue weighted by molar-refractivity contribution is 9.10. The molecule has 0 N–H and O–H groups in total. The molecule has 0 aliphatic heterocycles. The maximum atomic E-state index is 13.5. The van der Waals surface area contributed by atoms with E-state index < -0.39 is 0 Å². The molecule has 3 rings (SSSR count). The highest BCUT2D eigenvalue weighted by Crippen LogP contribution is 2.24. The summed E-state index contributed by atoms with van der Waals surface area (Å²) in [7, 11) is 0. The van der Waals surface area contributed by atoms with E-state index in [1.165, 1.54) is 12.1 Å². The maximum Gasteiger partial charge on any atom is 0.125 e. The van der Waals surface area contributed by atoms with Crippen molar-refractivity contribution in [2.75, 3.05) is 5.88 Å². The monoisotopic (exact) mass is 352 g/mol. The van der Waals surface area contributed by atoms with Crippen LogP contribution in [0.2, 0.25) is 0 Å². The third-order valence-corrected chi connectivity index (χ3v) is 3.81. The van der Waals surface area contributed by atoms with Gasteiger partial charge < -0.3 is 0 Å². The van der Waals surface area contributed by atoms with E-state index >= 15 is 0 Å². The highest BCUT2D eigenvalue weighted by atomic mass is 79.9. The molecule has 0 aliphatic rings. The number of nitrogens with zero attached hydrogens (tertiary/aromatic N) is 2. The Kier molecular flexibility index (Phi) is 3.76. The van der Waals surface area contributed by atoms with Crippen LogP contribution >= 0.6 is 27.5 Å². The first-order chi connectivity index (χ1) is 9.69. The average Bonchev–Trinajstić information content (AvgIpc) is 2.78. The zero-order valence-corrected chi connectivity index (χ0v) is 12.8. The molecule has 102 valence electrons. The molecular weight excluding hydrogens is 343 g/mol. The standard InChI is InChI=1S/C15H11BrClFN2/c16-10-1-4-12(5-2-10)20-14-9-11(18)3-6-13(14)19-15(20)7-8-17/h1-6,9H,7-8H2. The molecule has 0 bridgehead atoms. The number of aryl methyl sites for hydroxylation is 1. The molecule has 0 radical (unpaired) electrons. The van der Waals surface area contributed by atoms with Gasteiger partial charge in [-0.1, -0.05) is 15.9 Å². The first kappa shape index (κ1) is 13.6. The van der Waals surface area contributed by atoms with Crippen molar-refractivity contribution in [1.29, 1.82) is 0 Å². The van der Waals surface area contributed by atoms with Crippen molar-refractivity contribution in [2.24, 2.45) is 0 Å². The summed E-state index contributed by atoms with van der Waals surface area (Å²) in [6.45, 7) is 0. The Balaban J connectivity index is 2.27. The lowest BCUT2D eigenvalue weighted by Gasteiger charge is -2.08. The highest BCUT2D eigenvalue weighted by Gasteiger charge is 2.12. The number of hydrogen-bond acceptors (Lipinski definition) is 1. The third kappa shape index (κ3) is 2.45. The first-order valence-corrected chi connectivity index (χ1v) is 7.50. The van der Waals surface area contributed by atoms with Crippen molar-refractivity contribution in [2.45, 2.75) is 6.42 Å². The van der Waals surface area contributed by atoms with Gasteiger partial charge in [-0.15, -0.1) is 11.6 Å². The molecule has 1 aromatic heterocycles. The van der Waals surface area contributed by atoms with Gasteiger partial charge in [0.1, 0.15) is 11.6 Å². The molecule has 0 aliphatic carbocycles. The summed E-state index contributed by atoms with van der Waals surface area (Å²) in [6.07, 6.45) is 0.633. The van der Waals surface area contributed by atoms with Gasteiger partial charge >= 0.3 is 0 Å². The largest absolute Gasteiger partial charge is 0.296 e. The van der Waals surface area contributed by atoms with E-state index in [0.29, 0.717) is 12.3 Å². The molecule has 3 aromatic rings. The number of rotatable bonds is 3. The van der Waals surface area contributed by atoms with Gasteiger partial charge in [-0.05, 0) is 36.4 Å². The van der Waals surface area contributed by atoms with Crippen molar-refractivity contribution in [3.63, 3.8) is 0 Å². The summed E-state index contributed by atoms with van der Waals surface area (Å²) in [5.74, 6) is 1.04.